The zero-order valence-electron chi connectivity index (χ0n) is 23.5. The van der Waals surface area contributed by atoms with Crippen LogP contribution >= 0.6 is 0 Å². The first-order valence-electron chi connectivity index (χ1n) is 13.7. The first-order valence-corrected chi connectivity index (χ1v) is 13.7. The Hall–Kier alpha value is -3.52. The van der Waals surface area contributed by atoms with E-state index in [1.807, 2.05) is 0 Å². The molecule has 15 heteroatoms. The summed E-state index contributed by atoms with van der Waals surface area (Å²) >= 11 is 0. The van der Waals surface area contributed by atoms with Crippen molar-refractivity contribution in [3.63, 3.8) is 0 Å². The molecule has 0 radical (unpaired) electrons. The SMILES string of the molecule is CN(C(=O)N(C)C1CN(C(=O)C2CCC(C(F)(F)F)CC2)CC1c1ccc(F)cc1)c1cc(C(F)(F)F)cc(C(F)(F)F)c1. The van der Waals surface area contributed by atoms with Gasteiger partial charge in [0.1, 0.15) is 5.82 Å². The summed E-state index contributed by atoms with van der Waals surface area (Å²) in [6.45, 7) is -0.0933. The molecule has 0 spiro atoms. The van der Waals surface area contributed by atoms with Gasteiger partial charge in [0.25, 0.3) is 0 Å². The van der Waals surface area contributed by atoms with Crippen molar-refractivity contribution in [2.45, 2.75) is 56.2 Å². The molecule has 2 fully saturated rings. The van der Waals surface area contributed by atoms with Gasteiger partial charge in [-0.15, -0.1) is 0 Å². The van der Waals surface area contributed by atoms with E-state index in [2.05, 4.69) is 0 Å². The molecule has 1 saturated carbocycles. The first kappa shape index (κ1) is 33.4. The molecule has 0 N–H and O–H groups in total. The van der Waals surface area contributed by atoms with Crippen LogP contribution in [0.5, 0.6) is 0 Å². The van der Waals surface area contributed by atoms with E-state index < -0.39 is 76.9 Å². The van der Waals surface area contributed by atoms with Gasteiger partial charge < -0.3 is 9.80 Å². The van der Waals surface area contributed by atoms with E-state index in [0.717, 1.165) is 24.1 Å². The normalized spacial score (nSPS) is 23.0. The van der Waals surface area contributed by atoms with E-state index >= 15 is 0 Å². The van der Waals surface area contributed by atoms with Crippen molar-refractivity contribution in [2.75, 3.05) is 32.1 Å². The summed E-state index contributed by atoms with van der Waals surface area (Å²) in [6.07, 6.45) is -15.0. The van der Waals surface area contributed by atoms with Crippen molar-refractivity contribution in [2.24, 2.45) is 11.8 Å². The molecule has 2 unspecified atom stereocenters. The van der Waals surface area contributed by atoms with Crippen LogP contribution in [0.2, 0.25) is 0 Å². The monoisotopic (exact) mass is 641 g/mol. The highest BCUT2D eigenvalue weighted by Gasteiger charge is 2.46. The second-order valence-corrected chi connectivity index (χ2v) is 11.3. The number of urea groups is 1. The number of amides is 3. The fourth-order valence-electron chi connectivity index (χ4n) is 5.94. The summed E-state index contributed by atoms with van der Waals surface area (Å²) < 4.78 is 134. The molecule has 1 aliphatic carbocycles. The zero-order valence-corrected chi connectivity index (χ0v) is 23.5. The molecule has 0 bridgehead atoms. The smallest absolute Gasteiger partial charge is 0.340 e. The molecule has 0 aromatic heterocycles. The van der Waals surface area contributed by atoms with Crippen LogP contribution in [-0.2, 0) is 17.1 Å². The van der Waals surface area contributed by atoms with E-state index in [0.29, 0.717) is 22.6 Å². The minimum atomic E-state index is -5.13. The van der Waals surface area contributed by atoms with Gasteiger partial charge in [-0.3, -0.25) is 9.69 Å². The number of benzene rings is 2. The van der Waals surface area contributed by atoms with Gasteiger partial charge in [-0.2, -0.15) is 39.5 Å². The fraction of sp³-hybridized carbons (Fsp3) is 0.517. The third-order valence-electron chi connectivity index (χ3n) is 8.48. The van der Waals surface area contributed by atoms with E-state index in [1.54, 1.807) is 0 Å². The molecule has 3 amide bonds. The van der Waals surface area contributed by atoms with Gasteiger partial charge in [0.2, 0.25) is 5.91 Å². The Labute approximate surface area is 246 Å². The Kier molecular flexibility index (Phi) is 9.19. The lowest BCUT2D eigenvalue weighted by atomic mass is 9.81. The number of nitrogens with zero attached hydrogens (tertiary/aromatic N) is 3. The molecule has 1 aliphatic heterocycles. The number of likely N-dealkylation sites (N-methyl/N-ethyl adjacent to an activating group) is 1. The number of anilines is 1. The Bertz CT molecular complexity index is 1320. The standard InChI is InChI=1S/C29H29F10N3O2/c1-40(22-12-19(28(34,35)36)11-20(13-22)29(37,38)39)26(44)41(2)24-15-42(14-23(24)16-5-9-21(30)10-6-16)25(43)17-3-7-18(8-4-17)27(31,32)33/h5-6,9-13,17-18,23-24H,3-4,7-8,14-15H2,1-2H3. The van der Waals surface area contributed by atoms with Gasteiger partial charge in [0.15, 0.2) is 0 Å². The lowest BCUT2D eigenvalue weighted by molar-refractivity contribution is -0.185. The number of halogens is 10. The number of rotatable bonds is 4. The lowest BCUT2D eigenvalue weighted by Gasteiger charge is -2.33. The van der Waals surface area contributed by atoms with Crippen LogP contribution in [0.4, 0.5) is 54.4 Å². The average molecular weight is 642 g/mol. The highest BCUT2D eigenvalue weighted by molar-refractivity contribution is 5.92. The Balaban J connectivity index is 1.60. The maximum Gasteiger partial charge on any atom is 0.416 e. The van der Waals surface area contributed by atoms with Crippen LogP contribution in [0.1, 0.15) is 48.3 Å². The quantitative estimate of drug-likeness (QED) is 0.321. The van der Waals surface area contributed by atoms with Gasteiger partial charge in [-0.25, -0.2) is 9.18 Å². The predicted octanol–water partition coefficient (Wildman–Crippen LogP) is 7.71. The van der Waals surface area contributed by atoms with E-state index in [-0.39, 0.29) is 44.8 Å². The number of carbonyl (C=O) groups is 2. The molecular formula is C29H29F10N3O2. The molecule has 4 rings (SSSR count). The van der Waals surface area contributed by atoms with Crippen LogP contribution in [0.15, 0.2) is 42.5 Å². The number of hydrogen-bond donors (Lipinski definition) is 0. The maximum atomic E-state index is 13.7. The van der Waals surface area contributed by atoms with Crippen molar-refractivity contribution < 1.29 is 53.5 Å². The Morgan fingerprint density at radius 3 is 1.77 bits per heavy atom. The number of alkyl halides is 9. The second-order valence-electron chi connectivity index (χ2n) is 11.3. The van der Waals surface area contributed by atoms with Crippen LogP contribution in [0.25, 0.3) is 0 Å². The first-order chi connectivity index (χ1) is 20.3. The highest BCUT2D eigenvalue weighted by Crippen LogP contribution is 2.42. The predicted molar refractivity (Wildman–Crippen MR) is 139 cm³/mol. The largest absolute Gasteiger partial charge is 0.416 e. The van der Waals surface area contributed by atoms with Crippen molar-refractivity contribution >= 4 is 17.6 Å². The maximum absolute atomic E-state index is 13.7. The van der Waals surface area contributed by atoms with Gasteiger partial charge >= 0.3 is 24.6 Å². The van der Waals surface area contributed by atoms with Crippen LogP contribution < -0.4 is 4.90 Å². The van der Waals surface area contributed by atoms with Gasteiger partial charge in [-0.05, 0) is 61.6 Å². The molecule has 2 atom stereocenters. The van der Waals surface area contributed by atoms with Crippen LogP contribution in [0.3, 0.4) is 0 Å². The second kappa shape index (κ2) is 12.1. The van der Waals surface area contributed by atoms with Gasteiger partial charge in [0.05, 0.1) is 23.1 Å². The summed E-state index contributed by atoms with van der Waals surface area (Å²) in [5.41, 5.74) is -3.37. The molecule has 242 valence electrons. The average Bonchev–Trinajstić information content (AvgIpc) is 3.40. The minimum absolute atomic E-state index is 0.0114. The molecule has 5 nitrogen and oxygen atoms in total. The molecule has 44 heavy (non-hydrogen) atoms. The number of likely N-dealkylation sites (tertiary alicyclic amines) is 1. The van der Waals surface area contributed by atoms with Crippen molar-refractivity contribution in [3.05, 3.63) is 65.0 Å². The number of hydrogen-bond acceptors (Lipinski definition) is 2. The Morgan fingerprint density at radius 1 is 0.773 bits per heavy atom. The summed E-state index contributed by atoms with van der Waals surface area (Å²) in [4.78, 5) is 30.0. The van der Waals surface area contributed by atoms with Crippen LogP contribution in [0, 0.1) is 17.7 Å². The van der Waals surface area contributed by atoms with E-state index in [4.69, 9.17) is 0 Å². The Morgan fingerprint density at radius 2 is 1.30 bits per heavy atom. The molecular weight excluding hydrogens is 612 g/mol. The van der Waals surface area contributed by atoms with E-state index in [1.165, 1.54) is 24.1 Å². The molecule has 2 aromatic rings. The minimum Gasteiger partial charge on any atom is -0.340 e. The highest BCUT2D eigenvalue weighted by atomic mass is 19.4. The summed E-state index contributed by atoms with van der Waals surface area (Å²) in [5.74, 6) is -3.80. The molecule has 1 saturated heterocycles. The van der Waals surface area contributed by atoms with Crippen molar-refractivity contribution in [1.29, 1.82) is 0 Å². The summed E-state index contributed by atoms with van der Waals surface area (Å²) in [7, 11) is 2.29. The van der Waals surface area contributed by atoms with Gasteiger partial charge in [-0.1, -0.05) is 12.1 Å². The van der Waals surface area contributed by atoms with Crippen molar-refractivity contribution in [3.8, 4) is 0 Å². The topological polar surface area (TPSA) is 43.9 Å². The van der Waals surface area contributed by atoms with Crippen molar-refractivity contribution in [1.82, 2.24) is 9.80 Å². The van der Waals surface area contributed by atoms with E-state index in [9.17, 15) is 53.5 Å². The summed E-state index contributed by atoms with van der Waals surface area (Å²) in [6, 6.07) is 4.13. The third-order valence-corrected chi connectivity index (χ3v) is 8.48. The van der Waals surface area contributed by atoms with Crippen LogP contribution in [-0.4, -0.2) is 61.1 Å². The molecule has 1 heterocycles. The molecule has 2 aliphatic rings. The fourth-order valence-corrected chi connectivity index (χ4v) is 5.94. The summed E-state index contributed by atoms with van der Waals surface area (Å²) in [5, 5.41) is 0. The number of carbonyl (C=O) groups excluding carboxylic acids is 2. The zero-order chi connectivity index (χ0) is 32.8. The third kappa shape index (κ3) is 7.23. The molecule has 2 aromatic carbocycles. The lowest BCUT2D eigenvalue weighted by Crippen LogP contribution is -2.48. The van der Waals surface area contributed by atoms with Gasteiger partial charge in [0, 0.05) is 44.7 Å².